The molecule has 0 aliphatic carbocycles. The number of para-hydroxylation sites is 1. The number of nitrogens with one attached hydrogen (secondary N) is 1. The van der Waals surface area contributed by atoms with Crippen LogP contribution in [0.25, 0.3) is 0 Å². The molecule has 5 nitrogen and oxygen atoms in total. The molecule has 0 saturated carbocycles. The van der Waals surface area contributed by atoms with Gasteiger partial charge >= 0.3 is 0 Å². The fraction of sp³-hybridized carbons (Fsp3) is 0.133. The van der Waals surface area contributed by atoms with Crippen molar-refractivity contribution in [2.75, 3.05) is 18.7 Å². The molecule has 102 valence electrons. The quantitative estimate of drug-likeness (QED) is 0.928. The molecule has 2 aromatic carbocycles. The second kappa shape index (κ2) is 5.52. The number of anilines is 1. The molecular formula is C15H13NO4. The Labute approximate surface area is 116 Å². The second-order valence-electron chi connectivity index (χ2n) is 4.22. The highest BCUT2D eigenvalue weighted by Gasteiger charge is 2.14. The Balaban J connectivity index is 1.55. The molecular weight excluding hydrogens is 258 g/mol. The summed E-state index contributed by atoms with van der Waals surface area (Å²) in [6, 6.07) is 14.4. The lowest BCUT2D eigenvalue weighted by atomic mass is 10.3. The van der Waals surface area contributed by atoms with Crippen molar-refractivity contribution in [3.63, 3.8) is 0 Å². The Bertz CT molecular complexity index is 613. The molecule has 0 saturated heterocycles. The Morgan fingerprint density at radius 2 is 1.90 bits per heavy atom. The summed E-state index contributed by atoms with van der Waals surface area (Å²) in [5, 5.41) is 2.74. The van der Waals surface area contributed by atoms with Gasteiger partial charge in [0, 0.05) is 11.8 Å². The van der Waals surface area contributed by atoms with Crippen molar-refractivity contribution >= 4 is 11.6 Å². The van der Waals surface area contributed by atoms with Gasteiger partial charge in [0.25, 0.3) is 5.91 Å². The number of hydrogen-bond donors (Lipinski definition) is 1. The van der Waals surface area contributed by atoms with E-state index in [9.17, 15) is 4.79 Å². The van der Waals surface area contributed by atoms with Crippen LogP contribution in [-0.4, -0.2) is 19.3 Å². The first-order chi connectivity index (χ1) is 9.81. The monoisotopic (exact) mass is 271 g/mol. The van der Waals surface area contributed by atoms with E-state index in [-0.39, 0.29) is 19.3 Å². The maximum atomic E-state index is 11.7. The lowest BCUT2D eigenvalue weighted by Gasteiger charge is -2.08. The van der Waals surface area contributed by atoms with Crippen LogP contribution in [0.4, 0.5) is 5.69 Å². The minimum absolute atomic E-state index is 0.0610. The number of fused-ring (bicyclic) bond motifs is 1. The van der Waals surface area contributed by atoms with Gasteiger partial charge in [0.2, 0.25) is 6.79 Å². The average Bonchev–Trinajstić information content (AvgIpc) is 2.93. The van der Waals surface area contributed by atoms with Crippen LogP contribution in [0.5, 0.6) is 17.2 Å². The highest BCUT2D eigenvalue weighted by atomic mass is 16.7. The van der Waals surface area contributed by atoms with Crippen LogP contribution < -0.4 is 19.5 Å². The van der Waals surface area contributed by atoms with E-state index >= 15 is 0 Å². The van der Waals surface area contributed by atoms with Gasteiger partial charge in [-0.1, -0.05) is 18.2 Å². The van der Waals surface area contributed by atoms with E-state index in [1.165, 1.54) is 0 Å². The lowest BCUT2D eigenvalue weighted by Crippen LogP contribution is -2.20. The SMILES string of the molecule is O=C(COc1ccc2c(c1)OCO2)Nc1ccccc1. The van der Waals surface area contributed by atoms with Crippen molar-refractivity contribution in [1.29, 1.82) is 0 Å². The summed E-state index contributed by atoms with van der Waals surface area (Å²) < 4.78 is 15.9. The Kier molecular flexibility index (Phi) is 3.41. The van der Waals surface area contributed by atoms with E-state index in [1.54, 1.807) is 18.2 Å². The van der Waals surface area contributed by atoms with Crippen LogP contribution in [0, 0.1) is 0 Å². The molecule has 0 atom stereocenters. The number of rotatable bonds is 4. The molecule has 1 aliphatic rings. The fourth-order valence-corrected chi connectivity index (χ4v) is 1.83. The van der Waals surface area contributed by atoms with E-state index in [4.69, 9.17) is 14.2 Å². The largest absolute Gasteiger partial charge is 0.484 e. The molecule has 3 rings (SSSR count). The predicted molar refractivity (Wildman–Crippen MR) is 73.1 cm³/mol. The molecule has 0 unspecified atom stereocenters. The predicted octanol–water partition coefficient (Wildman–Crippen LogP) is 2.43. The molecule has 2 aromatic rings. The third kappa shape index (κ3) is 2.83. The third-order valence-corrected chi connectivity index (χ3v) is 2.77. The minimum Gasteiger partial charge on any atom is -0.484 e. The molecule has 0 aromatic heterocycles. The topological polar surface area (TPSA) is 56.8 Å². The van der Waals surface area contributed by atoms with Crippen molar-refractivity contribution in [2.24, 2.45) is 0 Å². The number of carbonyl (C=O) groups is 1. The summed E-state index contributed by atoms with van der Waals surface area (Å²) in [6.45, 7) is 0.155. The van der Waals surface area contributed by atoms with Gasteiger partial charge in [-0.15, -0.1) is 0 Å². The average molecular weight is 271 g/mol. The Morgan fingerprint density at radius 3 is 2.75 bits per heavy atom. The normalized spacial score (nSPS) is 12.0. The van der Waals surface area contributed by atoms with Crippen LogP contribution in [0.1, 0.15) is 0 Å². The molecule has 0 radical (unpaired) electrons. The van der Waals surface area contributed by atoms with Gasteiger partial charge in [-0.3, -0.25) is 4.79 Å². The Morgan fingerprint density at radius 1 is 1.10 bits per heavy atom. The van der Waals surface area contributed by atoms with Gasteiger partial charge in [-0.05, 0) is 24.3 Å². The summed E-state index contributed by atoms with van der Waals surface area (Å²) >= 11 is 0. The smallest absolute Gasteiger partial charge is 0.262 e. The van der Waals surface area contributed by atoms with Crippen molar-refractivity contribution in [3.8, 4) is 17.2 Å². The summed E-state index contributed by atoms with van der Waals surface area (Å²) in [5.41, 5.74) is 0.742. The van der Waals surface area contributed by atoms with Crippen LogP contribution in [0.3, 0.4) is 0 Å². The van der Waals surface area contributed by atoms with Gasteiger partial charge in [-0.2, -0.15) is 0 Å². The third-order valence-electron chi connectivity index (χ3n) is 2.77. The molecule has 0 fully saturated rings. The number of carbonyl (C=O) groups excluding carboxylic acids is 1. The zero-order valence-electron chi connectivity index (χ0n) is 10.7. The zero-order chi connectivity index (χ0) is 13.8. The van der Waals surface area contributed by atoms with Crippen molar-refractivity contribution in [3.05, 3.63) is 48.5 Å². The van der Waals surface area contributed by atoms with E-state index in [0.29, 0.717) is 17.2 Å². The number of benzene rings is 2. The summed E-state index contributed by atoms with van der Waals surface area (Å²) in [5.74, 6) is 1.67. The Hall–Kier alpha value is -2.69. The maximum absolute atomic E-state index is 11.7. The first kappa shape index (κ1) is 12.3. The summed E-state index contributed by atoms with van der Waals surface area (Å²) in [6.07, 6.45) is 0. The van der Waals surface area contributed by atoms with Crippen LogP contribution in [0.15, 0.2) is 48.5 Å². The molecule has 0 bridgehead atoms. The number of hydrogen-bond acceptors (Lipinski definition) is 4. The molecule has 5 heteroatoms. The highest BCUT2D eigenvalue weighted by Crippen LogP contribution is 2.34. The van der Waals surface area contributed by atoms with E-state index in [1.807, 2.05) is 30.3 Å². The first-order valence-electron chi connectivity index (χ1n) is 6.18. The second-order valence-corrected chi connectivity index (χ2v) is 4.22. The first-order valence-corrected chi connectivity index (χ1v) is 6.18. The van der Waals surface area contributed by atoms with Crippen LogP contribution in [0.2, 0.25) is 0 Å². The molecule has 1 amide bonds. The van der Waals surface area contributed by atoms with Gasteiger partial charge in [0.1, 0.15) is 5.75 Å². The van der Waals surface area contributed by atoms with E-state index in [2.05, 4.69) is 5.32 Å². The fourth-order valence-electron chi connectivity index (χ4n) is 1.83. The highest BCUT2D eigenvalue weighted by molar-refractivity contribution is 5.91. The molecule has 1 N–H and O–H groups in total. The zero-order valence-corrected chi connectivity index (χ0v) is 10.7. The van der Waals surface area contributed by atoms with Gasteiger partial charge < -0.3 is 19.5 Å². The molecule has 0 spiro atoms. The summed E-state index contributed by atoms with van der Waals surface area (Å²) in [4.78, 5) is 11.7. The minimum atomic E-state index is -0.214. The van der Waals surface area contributed by atoms with Crippen LogP contribution in [-0.2, 0) is 4.79 Å². The molecule has 1 aliphatic heterocycles. The number of amides is 1. The summed E-state index contributed by atoms with van der Waals surface area (Å²) in [7, 11) is 0. The van der Waals surface area contributed by atoms with Crippen LogP contribution >= 0.6 is 0 Å². The van der Waals surface area contributed by atoms with Gasteiger partial charge in [0.15, 0.2) is 18.1 Å². The molecule has 1 heterocycles. The van der Waals surface area contributed by atoms with E-state index in [0.717, 1.165) is 5.69 Å². The standard InChI is InChI=1S/C15H13NO4/c17-15(16-11-4-2-1-3-5-11)9-18-12-6-7-13-14(8-12)20-10-19-13/h1-8H,9-10H2,(H,16,17). The van der Waals surface area contributed by atoms with Gasteiger partial charge in [-0.25, -0.2) is 0 Å². The van der Waals surface area contributed by atoms with Crippen molar-refractivity contribution in [1.82, 2.24) is 0 Å². The lowest BCUT2D eigenvalue weighted by molar-refractivity contribution is -0.118. The van der Waals surface area contributed by atoms with Crippen molar-refractivity contribution < 1.29 is 19.0 Å². The molecule has 20 heavy (non-hydrogen) atoms. The van der Waals surface area contributed by atoms with Gasteiger partial charge in [0.05, 0.1) is 0 Å². The van der Waals surface area contributed by atoms with E-state index < -0.39 is 0 Å². The number of ether oxygens (including phenoxy) is 3. The maximum Gasteiger partial charge on any atom is 0.262 e. The van der Waals surface area contributed by atoms with Crippen molar-refractivity contribution in [2.45, 2.75) is 0 Å².